The van der Waals surface area contributed by atoms with E-state index in [1.807, 2.05) is 26.8 Å². The number of H-pyrrole nitrogens is 1. The number of amides is 1. The van der Waals surface area contributed by atoms with Crippen molar-refractivity contribution in [2.24, 2.45) is 0 Å². The maximum atomic E-state index is 12.3. The summed E-state index contributed by atoms with van der Waals surface area (Å²) in [6, 6.07) is 7.58. The van der Waals surface area contributed by atoms with Crippen LogP contribution in [0.25, 0.3) is 11.3 Å². The third kappa shape index (κ3) is 5.57. The van der Waals surface area contributed by atoms with Crippen LogP contribution >= 0.6 is 11.6 Å². The summed E-state index contributed by atoms with van der Waals surface area (Å²) in [7, 11) is 0. The molecule has 1 aromatic heterocycles. The third-order valence-corrected chi connectivity index (χ3v) is 3.85. The van der Waals surface area contributed by atoms with Crippen LogP contribution in [-0.2, 0) is 9.53 Å². The van der Waals surface area contributed by atoms with Gasteiger partial charge in [-0.3, -0.25) is 9.89 Å². The number of aromatic amines is 1. The van der Waals surface area contributed by atoms with Crippen molar-refractivity contribution in [3.8, 4) is 11.3 Å². The van der Waals surface area contributed by atoms with E-state index in [1.54, 1.807) is 18.2 Å². The predicted octanol–water partition coefficient (Wildman–Crippen LogP) is 3.12. The van der Waals surface area contributed by atoms with Crippen LogP contribution in [-0.4, -0.2) is 45.4 Å². The molecule has 1 heterocycles. The highest BCUT2D eigenvalue weighted by Gasteiger charge is 2.23. The van der Waals surface area contributed by atoms with Gasteiger partial charge in [0.1, 0.15) is 11.7 Å². The molecule has 0 saturated carbocycles. The summed E-state index contributed by atoms with van der Waals surface area (Å²) >= 11 is 6.12. The molecule has 0 saturated heterocycles. The number of aliphatic carboxylic acids is 1. The van der Waals surface area contributed by atoms with Gasteiger partial charge in [0.15, 0.2) is 0 Å². The van der Waals surface area contributed by atoms with Crippen molar-refractivity contribution in [3.63, 3.8) is 0 Å². The van der Waals surface area contributed by atoms with E-state index in [1.165, 1.54) is 6.07 Å². The van der Waals surface area contributed by atoms with E-state index in [0.717, 1.165) is 0 Å². The molecule has 0 radical (unpaired) electrons. The third-order valence-electron chi connectivity index (χ3n) is 3.52. The Morgan fingerprint density at radius 1 is 1.35 bits per heavy atom. The van der Waals surface area contributed by atoms with Gasteiger partial charge in [0.05, 0.1) is 16.3 Å². The van der Waals surface area contributed by atoms with E-state index in [0.29, 0.717) is 16.3 Å². The summed E-state index contributed by atoms with van der Waals surface area (Å²) in [5, 5.41) is 19.0. The first-order valence-corrected chi connectivity index (χ1v) is 8.53. The van der Waals surface area contributed by atoms with Crippen LogP contribution in [0, 0.1) is 0 Å². The lowest BCUT2D eigenvalue weighted by atomic mass is 10.1. The smallest absolute Gasteiger partial charge is 0.326 e. The molecule has 140 valence electrons. The first-order valence-electron chi connectivity index (χ1n) is 8.15. The van der Waals surface area contributed by atoms with Gasteiger partial charge in [-0.1, -0.05) is 29.8 Å². The monoisotopic (exact) mass is 379 g/mol. The zero-order valence-corrected chi connectivity index (χ0v) is 15.6. The molecule has 8 heteroatoms. The lowest BCUT2D eigenvalue weighted by Crippen LogP contribution is -2.42. The number of ether oxygens (including phenoxy) is 1. The van der Waals surface area contributed by atoms with E-state index in [2.05, 4.69) is 15.5 Å². The van der Waals surface area contributed by atoms with Crippen LogP contribution in [0.4, 0.5) is 0 Å². The topological polar surface area (TPSA) is 104 Å². The molecule has 0 aliphatic heterocycles. The standard InChI is InChI=1S/C18H22ClN3O4/c1-18(2,3)26-9-8-13(17(24)25)20-16(23)15-10-14(21-22-15)11-6-4-5-7-12(11)19/h4-7,10,13H,8-9H2,1-3H3,(H,20,23)(H,21,22)(H,24,25). The largest absolute Gasteiger partial charge is 0.480 e. The average molecular weight is 380 g/mol. The minimum Gasteiger partial charge on any atom is -0.480 e. The maximum absolute atomic E-state index is 12.3. The normalized spacial score (nSPS) is 12.6. The fourth-order valence-electron chi connectivity index (χ4n) is 2.22. The first-order chi connectivity index (χ1) is 12.2. The molecule has 2 aromatic rings. The SMILES string of the molecule is CC(C)(C)OCCC(NC(=O)c1cc(-c2ccccc2Cl)n[nH]1)C(=O)O. The summed E-state index contributed by atoms with van der Waals surface area (Å²) in [6.45, 7) is 5.85. The molecule has 1 atom stereocenters. The molecular weight excluding hydrogens is 358 g/mol. The van der Waals surface area contributed by atoms with Crippen molar-refractivity contribution in [2.75, 3.05) is 6.61 Å². The molecule has 3 N–H and O–H groups in total. The van der Waals surface area contributed by atoms with Crippen LogP contribution in [0.5, 0.6) is 0 Å². The molecule has 0 bridgehead atoms. The number of hydrogen-bond acceptors (Lipinski definition) is 4. The van der Waals surface area contributed by atoms with E-state index >= 15 is 0 Å². The number of rotatable bonds is 7. The van der Waals surface area contributed by atoms with Gasteiger partial charge >= 0.3 is 5.97 Å². The summed E-state index contributed by atoms with van der Waals surface area (Å²) < 4.78 is 5.52. The molecule has 1 unspecified atom stereocenters. The lowest BCUT2D eigenvalue weighted by molar-refractivity contribution is -0.140. The van der Waals surface area contributed by atoms with Gasteiger partial charge in [-0.05, 0) is 32.9 Å². The molecule has 7 nitrogen and oxygen atoms in total. The van der Waals surface area contributed by atoms with E-state index < -0.39 is 17.9 Å². The Morgan fingerprint density at radius 3 is 2.65 bits per heavy atom. The number of carbonyl (C=O) groups excluding carboxylic acids is 1. The highest BCUT2D eigenvalue weighted by Crippen LogP contribution is 2.26. The van der Waals surface area contributed by atoms with E-state index in [9.17, 15) is 14.7 Å². The second-order valence-corrected chi connectivity index (χ2v) is 7.17. The van der Waals surface area contributed by atoms with Crippen LogP contribution in [0.3, 0.4) is 0 Å². The first kappa shape index (κ1) is 19.9. The number of nitrogens with one attached hydrogen (secondary N) is 2. The summed E-state index contributed by atoms with van der Waals surface area (Å²) in [5.74, 6) is -1.68. The summed E-state index contributed by atoms with van der Waals surface area (Å²) in [6.07, 6.45) is 0.157. The van der Waals surface area contributed by atoms with Crippen molar-refractivity contribution in [3.05, 3.63) is 41.0 Å². The molecular formula is C18H22ClN3O4. The van der Waals surface area contributed by atoms with E-state index in [-0.39, 0.29) is 24.3 Å². The van der Waals surface area contributed by atoms with Gasteiger partial charge in [0, 0.05) is 18.6 Å². The van der Waals surface area contributed by atoms with Gasteiger partial charge in [-0.2, -0.15) is 5.10 Å². The van der Waals surface area contributed by atoms with Crippen molar-refractivity contribution >= 4 is 23.5 Å². The molecule has 1 aromatic carbocycles. The molecule has 2 rings (SSSR count). The number of carboxylic acids is 1. The Bertz CT molecular complexity index is 783. The number of carbonyl (C=O) groups is 2. The van der Waals surface area contributed by atoms with E-state index in [4.69, 9.17) is 16.3 Å². The molecule has 0 aliphatic carbocycles. The van der Waals surface area contributed by atoms with Crippen LogP contribution in [0.2, 0.25) is 5.02 Å². The quantitative estimate of drug-likeness (QED) is 0.685. The van der Waals surface area contributed by atoms with Gasteiger partial charge < -0.3 is 15.2 Å². The molecule has 1 amide bonds. The number of halogens is 1. The lowest BCUT2D eigenvalue weighted by Gasteiger charge is -2.21. The number of benzene rings is 1. The van der Waals surface area contributed by atoms with Gasteiger partial charge in [-0.25, -0.2) is 4.79 Å². The molecule has 26 heavy (non-hydrogen) atoms. The Morgan fingerprint density at radius 2 is 2.04 bits per heavy atom. The van der Waals surface area contributed by atoms with Crippen molar-refractivity contribution in [1.29, 1.82) is 0 Å². The van der Waals surface area contributed by atoms with Crippen molar-refractivity contribution in [2.45, 2.75) is 38.8 Å². The van der Waals surface area contributed by atoms with Crippen LogP contribution in [0.1, 0.15) is 37.7 Å². The highest BCUT2D eigenvalue weighted by atomic mass is 35.5. The zero-order valence-electron chi connectivity index (χ0n) is 14.9. The number of carboxylic acid groups (broad SMARTS) is 1. The van der Waals surface area contributed by atoms with Crippen molar-refractivity contribution in [1.82, 2.24) is 15.5 Å². The molecule has 0 fully saturated rings. The maximum Gasteiger partial charge on any atom is 0.326 e. The predicted molar refractivity (Wildman–Crippen MR) is 98.2 cm³/mol. The second kappa shape index (κ2) is 8.33. The Kier molecular flexibility index (Phi) is 6.39. The minimum atomic E-state index is -1.12. The Hall–Kier alpha value is -2.38. The highest BCUT2D eigenvalue weighted by molar-refractivity contribution is 6.33. The van der Waals surface area contributed by atoms with Crippen LogP contribution < -0.4 is 5.32 Å². The number of nitrogens with zero attached hydrogens (tertiary/aromatic N) is 1. The summed E-state index contributed by atoms with van der Waals surface area (Å²) in [5.41, 5.74) is 0.963. The van der Waals surface area contributed by atoms with Gasteiger partial charge in [0.25, 0.3) is 5.91 Å². The number of hydrogen-bond donors (Lipinski definition) is 3. The van der Waals surface area contributed by atoms with Gasteiger partial charge in [-0.15, -0.1) is 0 Å². The zero-order chi connectivity index (χ0) is 19.3. The minimum absolute atomic E-state index is 0.155. The molecule has 0 aliphatic rings. The fraction of sp³-hybridized carbons (Fsp3) is 0.389. The van der Waals surface area contributed by atoms with Gasteiger partial charge in [0.2, 0.25) is 0 Å². The van der Waals surface area contributed by atoms with Crippen molar-refractivity contribution < 1.29 is 19.4 Å². The fourth-order valence-corrected chi connectivity index (χ4v) is 2.45. The average Bonchev–Trinajstić information content (AvgIpc) is 3.02. The van der Waals surface area contributed by atoms with Crippen LogP contribution in [0.15, 0.2) is 30.3 Å². The Balaban J connectivity index is 2.03. The summed E-state index contributed by atoms with van der Waals surface area (Å²) in [4.78, 5) is 23.7. The number of aromatic nitrogens is 2. The molecule has 0 spiro atoms. The second-order valence-electron chi connectivity index (χ2n) is 6.76. The Labute approximate surface area is 156 Å².